The van der Waals surface area contributed by atoms with Crippen LogP contribution < -0.4 is 11.5 Å². The average Bonchev–Trinajstić information content (AvgIpc) is 2.16. The van der Waals surface area contributed by atoms with Gasteiger partial charge in [-0.3, -0.25) is 0 Å². The number of aromatic carboxylic acids is 1. The van der Waals surface area contributed by atoms with E-state index in [2.05, 4.69) is 26.1 Å². The fraction of sp³-hybridized carbons (Fsp3) is 0. The van der Waals surface area contributed by atoms with Crippen LogP contribution in [0, 0.1) is 0 Å². The number of nitrogens with two attached hydrogens (primary N) is 2. The molecule has 0 bridgehead atoms. The quantitative estimate of drug-likeness (QED) is 0.432. The Balaban J connectivity index is 2.94. The number of hydrogen-bond donors (Lipinski definition) is 3. The number of carboxylic acids is 1. The van der Waals surface area contributed by atoms with Crippen molar-refractivity contribution < 1.29 is 9.90 Å². The zero-order valence-corrected chi connectivity index (χ0v) is 9.68. The van der Waals surface area contributed by atoms with E-state index in [9.17, 15) is 4.79 Å². The molecule has 84 valence electrons. The first kappa shape index (κ1) is 12.2. The van der Waals surface area contributed by atoms with Gasteiger partial charge >= 0.3 is 5.97 Å². The van der Waals surface area contributed by atoms with Crippen LogP contribution in [0.4, 0.5) is 0 Å². The minimum atomic E-state index is -1.00. The molecule has 5 N–H and O–H groups in total. The molecule has 0 aliphatic rings. The summed E-state index contributed by atoms with van der Waals surface area (Å²) in [6.07, 6.45) is 1.41. The fourth-order valence-electron chi connectivity index (χ4n) is 0.947. The number of carboxylic acid groups (broad SMARTS) is 1. The van der Waals surface area contributed by atoms with Gasteiger partial charge in [-0.05, 0) is 33.6 Å². The molecule has 1 aromatic rings. The highest BCUT2D eigenvalue weighted by Gasteiger charge is 2.07. The van der Waals surface area contributed by atoms with Crippen LogP contribution in [0.25, 0.3) is 0 Å². The highest BCUT2D eigenvalue weighted by molar-refractivity contribution is 9.10. The lowest BCUT2D eigenvalue weighted by Crippen LogP contribution is -2.21. The summed E-state index contributed by atoms with van der Waals surface area (Å²) in [5.74, 6) is -1.14. The van der Waals surface area contributed by atoms with E-state index in [1.807, 2.05) is 0 Å². The molecule has 6 nitrogen and oxygen atoms in total. The van der Waals surface area contributed by atoms with Crippen LogP contribution in [0.3, 0.4) is 0 Å². The molecule has 0 amide bonds. The van der Waals surface area contributed by atoms with Crippen LogP contribution in [0.1, 0.15) is 15.9 Å². The van der Waals surface area contributed by atoms with Crippen LogP contribution in [-0.2, 0) is 0 Å². The predicted octanol–water partition coefficient (Wildman–Crippen LogP) is 0.755. The van der Waals surface area contributed by atoms with Crippen molar-refractivity contribution in [1.82, 2.24) is 0 Å². The first-order valence-corrected chi connectivity index (χ1v) is 4.95. The smallest absolute Gasteiger partial charge is 0.336 e. The third-order valence-corrected chi connectivity index (χ3v) is 2.26. The molecule has 0 spiro atoms. The van der Waals surface area contributed by atoms with Gasteiger partial charge in [-0.2, -0.15) is 5.10 Å². The second-order valence-corrected chi connectivity index (χ2v) is 3.67. The van der Waals surface area contributed by atoms with E-state index in [1.165, 1.54) is 12.3 Å². The van der Waals surface area contributed by atoms with Crippen LogP contribution in [0.15, 0.2) is 32.9 Å². The van der Waals surface area contributed by atoms with Crippen LogP contribution in [0.5, 0.6) is 0 Å². The van der Waals surface area contributed by atoms with E-state index in [1.54, 1.807) is 12.1 Å². The lowest BCUT2D eigenvalue weighted by atomic mass is 10.1. The second-order valence-electron chi connectivity index (χ2n) is 2.81. The molecule has 0 aliphatic carbocycles. The van der Waals surface area contributed by atoms with Gasteiger partial charge in [0.15, 0.2) is 0 Å². The van der Waals surface area contributed by atoms with Gasteiger partial charge in [0.05, 0.1) is 11.8 Å². The number of nitrogens with zero attached hydrogens (tertiary/aromatic N) is 2. The van der Waals surface area contributed by atoms with Crippen molar-refractivity contribution in [3.8, 4) is 0 Å². The Labute approximate surface area is 99.8 Å². The molecule has 0 heterocycles. The summed E-state index contributed by atoms with van der Waals surface area (Å²) >= 11 is 3.14. The van der Waals surface area contributed by atoms with Crippen LogP contribution >= 0.6 is 15.9 Å². The second kappa shape index (κ2) is 5.26. The topological polar surface area (TPSA) is 114 Å². The Bertz CT molecular complexity index is 467. The van der Waals surface area contributed by atoms with Gasteiger partial charge in [0.2, 0.25) is 5.96 Å². The maximum absolute atomic E-state index is 10.7. The maximum Gasteiger partial charge on any atom is 0.336 e. The largest absolute Gasteiger partial charge is 0.478 e. The Morgan fingerprint density at radius 3 is 2.62 bits per heavy atom. The summed E-state index contributed by atoms with van der Waals surface area (Å²) in [5, 5.41) is 15.8. The molecule has 0 unspecified atom stereocenters. The molecule has 0 atom stereocenters. The molecule has 0 aromatic heterocycles. The lowest BCUT2D eigenvalue weighted by molar-refractivity contribution is 0.0696. The number of carbonyl (C=O) groups is 1. The SMILES string of the molecule is NC(N)=NN=Cc1ccc(C(=O)O)c(Br)c1. The molecular weight excluding hydrogens is 276 g/mol. The summed E-state index contributed by atoms with van der Waals surface area (Å²) in [6, 6.07) is 4.67. The van der Waals surface area contributed by atoms with Gasteiger partial charge in [0, 0.05) is 4.47 Å². The van der Waals surface area contributed by atoms with Gasteiger partial charge in [0.1, 0.15) is 0 Å². The molecule has 0 fully saturated rings. The molecule has 0 radical (unpaired) electrons. The van der Waals surface area contributed by atoms with Gasteiger partial charge in [-0.1, -0.05) is 6.07 Å². The highest BCUT2D eigenvalue weighted by atomic mass is 79.9. The average molecular weight is 285 g/mol. The molecule has 1 aromatic carbocycles. The van der Waals surface area contributed by atoms with Crippen molar-refractivity contribution >= 4 is 34.1 Å². The van der Waals surface area contributed by atoms with E-state index in [0.717, 1.165) is 0 Å². The maximum atomic E-state index is 10.7. The Kier molecular flexibility index (Phi) is 4.01. The summed E-state index contributed by atoms with van der Waals surface area (Å²) < 4.78 is 0.466. The van der Waals surface area contributed by atoms with Crippen molar-refractivity contribution in [3.05, 3.63) is 33.8 Å². The molecule has 7 heteroatoms. The molecule has 16 heavy (non-hydrogen) atoms. The highest BCUT2D eigenvalue weighted by Crippen LogP contribution is 2.17. The normalized spacial score (nSPS) is 10.3. The van der Waals surface area contributed by atoms with Gasteiger partial charge in [0.25, 0.3) is 0 Å². The molecule has 0 saturated heterocycles. The Hall–Kier alpha value is -1.89. The molecular formula is C9H9BrN4O2. The third kappa shape index (κ3) is 3.35. The van der Waals surface area contributed by atoms with Crippen LogP contribution in [0.2, 0.25) is 0 Å². The minimum Gasteiger partial charge on any atom is -0.478 e. The summed E-state index contributed by atoms with van der Waals surface area (Å²) in [7, 11) is 0. The summed E-state index contributed by atoms with van der Waals surface area (Å²) in [4.78, 5) is 10.7. The standard InChI is InChI=1S/C9H9BrN4O2/c10-7-3-5(4-13-14-9(11)12)1-2-6(7)8(15)16/h1-4H,(H,15,16)(H4,11,12,14). The predicted molar refractivity (Wildman–Crippen MR) is 64.5 cm³/mol. The summed E-state index contributed by atoms with van der Waals surface area (Å²) in [5.41, 5.74) is 11.0. The number of halogens is 1. The van der Waals surface area contributed by atoms with E-state index >= 15 is 0 Å². The van der Waals surface area contributed by atoms with Crippen molar-refractivity contribution in [2.45, 2.75) is 0 Å². The van der Waals surface area contributed by atoms with E-state index in [4.69, 9.17) is 16.6 Å². The van der Waals surface area contributed by atoms with Crippen molar-refractivity contribution in [3.63, 3.8) is 0 Å². The monoisotopic (exact) mass is 284 g/mol. The molecule has 0 aliphatic heterocycles. The van der Waals surface area contributed by atoms with E-state index < -0.39 is 5.97 Å². The summed E-state index contributed by atoms with van der Waals surface area (Å²) in [6.45, 7) is 0. The van der Waals surface area contributed by atoms with Gasteiger partial charge in [-0.25, -0.2) is 4.79 Å². The molecule has 1 rings (SSSR count). The van der Waals surface area contributed by atoms with Crippen LogP contribution in [-0.4, -0.2) is 23.2 Å². The zero-order valence-electron chi connectivity index (χ0n) is 8.09. The minimum absolute atomic E-state index is 0.141. The van der Waals surface area contributed by atoms with Crippen molar-refractivity contribution in [1.29, 1.82) is 0 Å². The Morgan fingerprint density at radius 2 is 2.12 bits per heavy atom. The molecule has 0 saturated carbocycles. The van der Waals surface area contributed by atoms with E-state index in [0.29, 0.717) is 10.0 Å². The van der Waals surface area contributed by atoms with E-state index in [-0.39, 0.29) is 11.5 Å². The number of guanidine groups is 1. The van der Waals surface area contributed by atoms with Gasteiger partial charge in [-0.15, -0.1) is 5.10 Å². The zero-order chi connectivity index (χ0) is 12.1. The number of rotatable bonds is 3. The first-order chi connectivity index (χ1) is 7.50. The lowest BCUT2D eigenvalue weighted by Gasteiger charge is -1.99. The first-order valence-electron chi connectivity index (χ1n) is 4.15. The van der Waals surface area contributed by atoms with Crippen molar-refractivity contribution in [2.75, 3.05) is 0 Å². The fourth-order valence-corrected chi connectivity index (χ4v) is 1.51. The van der Waals surface area contributed by atoms with Gasteiger partial charge < -0.3 is 16.6 Å². The third-order valence-electron chi connectivity index (χ3n) is 1.60. The Morgan fingerprint density at radius 1 is 1.44 bits per heavy atom. The number of hydrogen-bond acceptors (Lipinski definition) is 3. The van der Waals surface area contributed by atoms with Crippen molar-refractivity contribution in [2.24, 2.45) is 21.7 Å². The number of benzene rings is 1.